The van der Waals surface area contributed by atoms with E-state index in [4.69, 9.17) is 9.47 Å². The molecule has 0 aliphatic carbocycles. The number of benzene rings is 2. The molecule has 0 spiro atoms. The summed E-state index contributed by atoms with van der Waals surface area (Å²) in [5.74, 6) is 1.17. The summed E-state index contributed by atoms with van der Waals surface area (Å²) in [4.78, 5) is 24.0. The Kier molecular flexibility index (Phi) is 5.12. The SMILES string of the molecule is O=C(C1c2ccccc2Oc2ccccc21)N1CCCC(Oc2ncc(Br)cn2)C1. The molecule has 1 saturated heterocycles. The van der Waals surface area contributed by atoms with E-state index in [2.05, 4.69) is 25.9 Å². The van der Waals surface area contributed by atoms with Crippen molar-refractivity contribution in [2.24, 2.45) is 0 Å². The molecule has 1 unspecified atom stereocenters. The fourth-order valence-corrected chi connectivity index (χ4v) is 4.31. The highest BCUT2D eigenvalue weighted by molar-refractivity contribution is 9.10. The molecule has 6 nitrogen and oxygen atoms in total. The van der Waals surface area contributed by atoms with Gasteiger partial charge in [-0.15, -0.1) is 0 Å². The maximum atomic E-state index is 13.7. The number of carbonyl (C=O) groups is 1. The normalized spacial score (nSPS) is 18.2. The first-order valence-corrected chi connectivity index (χ1v) is 10.8. The Morgan fingerprint density at radius 1 is 1.03 bits per heavy atom. The topological polar surface area (TPSA) is 64.5 Å². The number of ether oxygens (including phenoxy) is 2. The molecule has 2 aromatic carbocycles. The number of fused-ring (bicyclic) bond motifs is 2. The molecule has 2 aliphatic rings. The van der Waals surface area contributed by atoms with Crippen LogP contribution in [0.3, 0.4) is 0 Å². The third kappa shape index (κ3) is 3.65. The number of amides is 1. The number of carbonyl (C=O) groups excluding carboxylic acids is 1. The van der Waals surface area contributed by atoms with Crippen LogP contribution < -0.4 is 9.47 Å². The summed E-state index contributed by atoms with van der Waals surface area (Å²) in [5, 5.41) is 0. The highest BCUT2D eigenvalue weighted by Crippen LogP contribution is 2.44. The quantitative estimate of drug-likeness (QED) is 0.567. The first-order chi connectivity index (χ1) is 14.7. The number of hydrogen-bond acceptors (Lipinski definition) is 5. The number of likely N-dealkylation sites (tertiary alicyclic amines) is 1. The molecule has 7 heteroatoms. The number of rotatable bonds is 3. The van der Waals surface area contributed by atoms with Gasteiger partial charge in [-0.25, -0.2) is 9.97 Å². The van der Waals surface area contributed by atoms with Gasteiger partial charge in [0.15, 0.2) is 0 Å². The second-order valence-corrected chi connectivity index (χ2v) is 8.38. The van der Waals surface area contributed by atoms with Crippen molar-refractivity contribution in [2.75, 3.05) is 13.1 Å². The molecule has 0 N–H and O–H groups in total. The third-order valence-corrected chi connectivity index (χ3v) is 5.89. The van der Waals surface area contributed by atoms with Gasteiger partial charge in [0.05, 0.1) is 16.9 Å². The van der Waals surface area contributed by atoms with Crippen molar-refractivity contribution < 1.29 is 14.3 Å². The summed E-state index contributed by atoms with van der Waals surface area (Å²) in [6.45, 7) is 1.22. The van der Waals surface area contributed by atoms with Gasteiger partial charge in [-0.2, -0.15) is 0 Å². The van der Waals surface area contributed by atoms with Crippen LogP contribution in [0.2, 0.25) is 0 Å². The van der Waals surface area contributed by atoms with Crippen LogP contribution in [0.15, 0.2) is 65.4 Å². The summed E-state index contributed by atoms with van der Waals surface area (Å²) in [5.41, 5.74) is 1.81. The molecule has 1 atom stereocenters. The second kappa shape index (κ2) is 8.07. The predicted molar refractivity (Wildman–Crippen MR) is 115 cm³/mol. The monoisotopic (exact) mass is 465 g/mol. The lowest BCUT2D eigenvalue weighted by atomic mass is 9.86. The average molecular weight is 466 g/mol. The van der Waals surface area contributed by atoms with E-state index in [0.717, 1.165) is 39.9 Å². The molecule has 1 amide bonds. The van der Waals surface area contributed by atoms with Crippen LogP contribution >= 0.6 is 15.9 Å². The fourth-order valence-electron chi connectivity index (χ4n) is 4.10. The Hall–Kier alpha value is -2.93. The Labute approximate surface area is 183 Å². The van der Waals surface area contributed by atoms with Gasteiger partial charge in [0, 0.05) is 30.1 Å². The van der Waals surface area contributed by atoms with E-state index in [9.17, 15) is 4.79 Å². The largest absolute Gasteiger partial charge is 0.458 e. The smallest absolute Gasteiger partial charge is 0.316 e. The van der Waals surface area contributed by atoms with Crippen LogP contribution in [0.25, 0.3) is 0 Å². The van der Waals surface area contributed by atoms with Gasteiger partial charge in [0.2, 0.25) is 5.91 Å². The van der Waals surface area contributed by atoms with Gasteiger partial charge in [0.25, 0.3) is 0 Å². The minimum Gasteiger partial charge on any atom is -0.458 e. The van der Waals surface area contributed by atoms with Crippen molar-refractivity contribution in [2.45, 2.75) is 24.9 Å². The van der Waals surface area contributed by atoms with Gasteiger partial charge in [-0.3, -0.25) is 4.79 Å². The van der Waals surface area contributed by atoms with Gasteiger partial charge in [-0.05, 0) is 40.9 Å². The molecule has 0 bridgehead atoms. The van der Waals surface area contributed by atoms with E-state index in [-0.39, 0.29) is 17.9 Å². The van der Waals surface area contributed by atoms with E-state index in [0.29, 0.717) is 19.1 Å². The van der Waals surface area contributed by atoms with Crippen LogP contribution in [0.4, 0.5) is 0 Å². The summed E-state index contributed by atoms with van der Waals surface area (Å²) in [6, 6.07) is 15.9. The summed E-state index contributed by atoms with van der Waals surface area (Å²) in [7, 11) is 0. The number of hydrogen-bond donors (Lipinski definition) is 0. The highest BCUT2D eigenvalue weighted by atomic mass is 79.9. The van der Waals surface area contributed by atoms with Crippen LogP contribution in [0.5, 0.6) is 17.5 Å². The van der Waals surface area contributed by atoms with E-state index in [1.54, 1.807) is 12.4 Å². The molecule has 3 aromatic rings. The first kappa shape index (κ1) is 19.1. The maximum absolute atomic E-state index is 13.7. The molecule has 5 rings (SSSR count). The predicted octanol–water partition coefficient (Wildman–Crippen LogP) is 4.55. The minimum absolute atomic E-state index is 0.0724. The van der Waals surface area contributed by atoms with Gasteiger partial charge >= 0.3 is 6.01 Å². The number of nitrogens with zero attached hydrogens (tertiary/aromatic N) is 3. The van der Waals surface area contributed by atoms with Crippen molar-refractivity contribution in [3.8, 4) is 17.5 Å². The second-order valence-electron chi connectivity index (χ2n) is 7.46. The number of piperidine rings is 1. The molecule has 2 aliphatic heterocycles. The Balaban J connectivity index is 1.40. The van der Waals surface area contributed by atoms with Gasteiger partial charge < -0.3 is 14.4 Å². The zero-order valence-electron chi connectivity index (χ0n) is 16.2. The van der Waals surface area contributed by atoms with Crippen LogP contribution in [-0.2, 0) is 4.79 Å². The summed E-state index contributed by atoms with van der Waals surface area (Å²) in [6.07, 6.45) is 4.92. The molecule has 3 heterocycles. The molecule has 152 valence electrons. The number of aromatic nitrogens is 2. The lowest BCUT2D eigenvalue weighted by Gasteiger charge is -2.36. The first-order valence-electron chi connectivity index (χ1n) is 9.98. The van der Waals surface area contributed by atoms with Crippen molar-refractivity contribution >= 4 is 21.8 Å². The molecule has 0 radical (unpaired) electrons. The van der Waals surface area contributed by atoms with Crippen LogP contribution in [0, 0.1) is 0 Å². The van der Waals surface area contributed by atoms with E-state index >= 15 is 0 Å². The van der Waals surface area contributed by atoms with E-state index in [1.165, 1.54) is 0 Å². The molecule has 1 aromatic heterocycles. The summed E-state index contributed by atoms with van der Waals surface area (Å²) >= 11 is 3.33. The van der Waals surface area contributed by atoms with E-state index in [1.807, 2.05) is 53.4 Å². The average Bonchev–Trinajstić information content (AvgIpc) is 2.79. The van der Waals surface area contributed by atoms with Crippen molar-refractivity contribution in [1.82, 2.24) is 14.9 Å². The summed E-state index contributed by atoms with van der Waals surface area (Å²) < 4.78 is 12.8. The van der Waals surface area contributed by atoms with Crippen molar-refractivity contribution in [3.63, 3.8) is 0 Å². The lowest BCUT2D eigenvalue weighted by molar-refractivity contribution is -0.134. The Bertz CT molecular complexity index is 1030. The van der Waals surface area contributed by atoms with E-state index < -0.39 is 0 Å². The minimum atomic E-state index is -0.381. The lowest BCUT2D eigenvalue weighted by Crippen LogP contribution is -2.46. The van der Waals surface area contributed by atoms with Gasteiger partial charge in [-0.1, -0.05) is 36.4 Å². The van der Waals surface area contributed by atoms with Crippen molar-refractivity contribution in [3.05, 3.63) is 76.5 Å². The number of halogens is 1. The van der Waals surface area contributed by atoms with Crippen molar-refractivity contribution in [1.29, 1.82) is 0 Å². The zero-order chi connectivity index (χ0) is 20.5. The highest BCUT2D eigenvalue weighted by Gasteiger charge is 2.37. The molecular weight excluding hydrogens is 446 g/mol. The van der Waals surface area contributed by atoms with Gasteiger partial charge in [0.1, 0.15) is 17.6 Å². The molecule has 1 fully saturated rings. The number of para-hydroxylation sites is 2. The third-order valence-electron chi connectivity index (χ3n) is 5.49. The standard InChI is InChI=1S/C23H20BrN3O3/c24-15-12-25-23(26-13-15)29-16-6-5-11-27(14-16)22(28)21-17-7-1-3-9-19(17)30-20-10-4-2-8-18(20)21/h1-4,7-10,12-13,16,21H,5-6,11,14H2. The van der Waals surface area contributed by atoms with Crippen LogP contribution in [-0.4, -0.2) is 40.0 Å². The molecule has 30 heavy (non-hydrogen) atoms. The zero-order valence-corrected chi connectivity index (χ0v) is 17.8. The molecule has 0 saturated carbocycles. The molecular formula is C23H20BrN3O3. The maximum Gasteiger partial charge on any atom is 0.316 e. The Morgan fingerprint density at radius 2 is 1.67 bits per heavy atom. The fraction of sp³-hybridized carbons (Fsp3) is 0.261. The van der Waals surface area contributed by atoms with Crippen LogP contribution in [0.1, 0.15) is 29.9 Å². The Morgan fingerprint density at radius 3 is 2.33 bits per heavy atom.